The van der Waals surface area contributed by atoms with Crippen LogP contribution in [0.2, 0.25) is 0 Å². The predicted octanol–water partition coefficient (Wildman–Crippen LogP) is 2.73. The highest BCUT2D eigenvalue weighted by molar-refractivity contribution is 6.02. The zero-order valence-corrected chi connectivity index (χ0v) is 19.8. The second-order valence-corrected chi connectivity index (χ2v) is 9.11. The molecule has 0 aliphatic heterocycles. The number of aliphatic hydroxyl groups excluding tert-OH is 1. The number of rotatable bonds is 6. The van der Waals surface area contributed by atoms with Crippen molar-refractivity contribution < 1.29 is 9.90 Å². The molecule has 4 aromatic rings. The van der Waals surface area contributed by atoms with E-state index in [0.717, 1.165) is 16.9 Å². The van der Waals surface area contributed by atoms with Crippen molar-refractivity contribution in [1.29, 1.82) is 0 Å². The zero-order valence-electron chi connectivity index (χ0n) is 19.8. The number of aliphatic hydroxyl groups is 1. The van der Waals surface area contributed by atoms with Crippen LogP contribution in [0.4, 0.5) is 5.82 Å². The van der Waals surface area contributed by atoms with E-state index >= 15 is 0 Å². The second-order valence-electron chi connectivity index (χ2n) is 9.11. The molecule has 0 spiro atoms. The molecule has 0 saturated carbocycles. The minimum absolute atomic E-state index is 0.0855. The number of amides is 1. The molecule has 176 valence electrons. The van der Waals surface area contributed by atoms with Gasteiger partial charge in [-0.05, 0) is 48.0 Å². The Labute approximate surface area is 196 Å². The summed E-state index contributed by atoms with van der Waals surface area (Å²) in [5.41, 5.74) is 3.32. The number of pyridine rings is 2. The van der Waals surface area contributed by atoms with Crippen LogP contribution in [-0.2, 0) is 5.41 Å². The quantitative estimate of drug-likeness (QED) is 0.447. The summed E-state index contributed by atoms with van der Waals surface area (Å²) < 4.78 is 3.38. The number of anilines is 1. The standard InChI is InChI=1S/C23H27N9O2/c1-14-10-24-17(9-18(14)31-11-19(25-13-31)23(3,4)5)22(34)27-20-8-6-7-16(26-20)21-28-29-30-32(21)15(2)12-33/h6-11,13,15,33H,12H2,1-5H3,(H,26,27,34). The summed E-state index contributed by atoms with van der Waals surface area (Å²) in [6, 6.07) is 6.56. The number of tetrazole rings is 1. The Morgan fingerprint density at radius 2 is 2.03 bits per heavy atom. The van der Waals surface area contributed by atoms with Gasteiger partial charge in [0.1, 0.15) is 17.2 Å². The number of hydrogen-bond acceptors (Lipinski definition) is 8. The van der Waals surface area contributed by atoms with Gasteiger partial charge in [-0.3, -0.25) is 9.78 Å². The molecule has 0 saturated heterocycles. The molecule has 4 heterocycles. The van der Waals surface area contributed by atoms with E-state index < -0.39 is 5.91 Å². The Hall–Kier alpha value is -3.99. The van der Waals surface area contributed by atoms with Crippen molar-refractivity contribution in [2.45, 2.75) is 46.1 Å². The highest BCUT2D eigenvalue weighted by Crippen LogP contribution is 2.23. The van der Waals surface area contributed by atoms with Crippen molar-refractivity contribution in [2.75, 3.05) is 11.9 Å². The van der Waals surface area contributed by atoms with Gasteiger partial charge < -0.3 is 15.0 Å². The van der Waals surface area contributed by atoms with Crippen molar-refractivity contribution >= 4 is 11.7 Å². The van der Waals surface area contributed by atoms with Gasteiger partial charge in [0.2, 0.25) is 5.82 Å². The Bertz CT molecular complexity index is 1320. The maximum Gasteiger partial charge on any atom is 0.275 e. The minimum atomic E-state index is -0.398. The van der Waals surface area contributed by atoms with Crippen LogP contribution in [0.15, 0.2) is 43.0 Å². The first-order valence-electron chi connectivity index (χ1n) is 10.9. The third-order valence-corrected chi connectivity index (χ3v) is 5.33. The average Bonchev–Trinajstić information content (AvgIpc) is 3.49. The largest absolute Gasteiger partial charge is 0.394 e. The van der Waals surface area contributed by atoms with Crippen molar-refractivity contribution in [3.8, 4) is 17.2 Å². The molecule has 0 aromatic carbocycles. The van der Waals surface area contributed by atoms with Crippen LogP contribution >= 0.6 is 0 Å². The molecule has 34 heavy (non-hydrogen) atoms. The molecule has 1 unspecified atom stereocenters. The van der Waals surface area contributed by atoms with Crippen molar-refractivity contribution in [3.63, 3.8) is 0 Å². The van der Waals surface area contributed by atoms with E-state index in [1.807, 2.05) is 17.7 Å². The van der Waals surface area contributed by atoms with Crippen molar-refractivity contribution in [3.05, 3.63) is 59.9 Å². The molecule has 11 nitrogen and oxygen atoms in total. The summed E-state index contributed by atoms with van der Waals surface area (Å²) >= 11 is 0. The fourth-order valence-corrected chi connectivity index (χ4v) is 3.30. The normalized spacial score (nSPS) is 12.5. The average molecular weight is 462 g/mol. The molecule has 1 amide bonds. The van der Waals surface area contributed by atoms with E-state index in [1.165, 1.54) is 4.68 Å². The lowest BCUT2D eigenvalue weighted by Gasteiger charge is -2.14. The number of carbonyl (C=O) groups is 1. The number of nitrogens with one attached hydrogen (secondary N) is 1. The molecule has 4 rings (SSSR count). The van der Waals surface area contributed by atoms with E-state index in [-0.39, 0.29) is 23.8 Å². The smallest absolute Gasteiger partial charge is 0.275 e. The third-order valence-electron chi connectivity index (χ3n) is 5.33. The lowest BCUT2D eigenvalue weighted by Crippen LogP contribution is -2.16. The highest BCUT2D eigenvalue weighted by atomic mass is 16.3. The topological polar surface area (TPSA) is 137 Å². The van der Waals surface area contributed by atoms with Crippen LogP contribution in [0.1, 0.15) is 55.5 Å². The molecule has 0 bridgehead atoms. The number of imidazole rings is 1. The molecule has 11 heteroatoms. The van der Waals surface area contributed by atoms with Gasteiger partial charge in [0, 0.05) is 17.8 Å². The number of aryl methyl sites for hydroxylation is 1. The van der Waals surface area contributed by atoms with Crippen LogP contribution in [0.5, 0.6) is 0 Å². The van der Waals surface area contributed by atoms with E-state index in [4.69, 9.17) is 0 Å². The highest BCUT2D eigenvalue weighted by Gasteiger charge is 2.19. The Kier molecular flexibility index (Phi) is 6.20. The summed E-state index contributed by atoms with van der Waals surface area (Å²) in [6.07, 6.45) is 5.37. The van der Waals surface area contributed by atoms with Gasteiger partial charge >= 0.3 is 0 Å². The fraction of sp³-hybridized carbons (Fsp3) is 0.348. The fourth-order valence-electron chi connectivity index (χ4n) is 3.30. The lowest BCUT2D eigenvalue weighted by molar-refractivity contribution is 0.102. The monoisotopic (exact) mass is 461 g/mol. The Morgan fingerprint density at radius 1 is 1.24 bits per heavy atom. The molecule has 4 aromatic heterocycles. The maximum absolute atomic E-state index is 13.0. The molecule has 1 atom stereocenters. The third kappa shape index (κ3) is 4.69. The number of nitrogens with zero attached hydrogens (tertiary/aromatic N) is 8. The van der Waals surface area contributed by atoms with Crippen LogP contribution in [0, 0.1) is 6.92 Å². The van der Waals surface area contributed by atoms with Gasteiger partial charge in [0.05, 0.1) is 30.4 Å². The van der Waals surface area contributed by atoms with E-state index in [1.54, 1.807) is 43.7 Å². The van der Waals surface area contributed by atoms with Gasteiger partial charge in [-0.1, -0.05) is 26.8 Å². The van der Waals surface area contributed by atoms with Gasteiger partial charge in [-0.2, -0.15) is 0 Å². The molecular formula is C23H27N9O2. The molecule has 0 radical (unpaired) electrons. The number of aromatic nitrogens is 8. The zero-order chi connectivity index (χ0) is 24.5. The number of carbonyl (C=O) groups excluding carboxylic acids is 1. The van der Waals surface area contributed by atoms with Gasteiger partial charge in [-0.15, -0.1) is 5.10 Å². The van der Waals surface area contributed by atoms with Gasteiger partial charge in [0.15, 0.2) is 0 Å². The SMILES string of the molecule is Cc1cnc(C(=O)Nc2cccc(-c3nnnn3C(C)CO)n2)cc1-n1cnc(C(C)(C)C)c1. The first-order chi connectivity index (χ1) is 16.2. The van der Waals surface area contributed by atoms with Crippen molar-refractivity contribution in [2.24, 2.45) is 0 Å². The summed E-state index contributed by atoms with van der Waals surface area (Å²) in [6.45, 7) is 9.90. The van der Waals surface area contributed by atoms with Crippen LogP contribution in [-0.4, -0.2) is 57.3 Å². The van der Waals surface area contributed by atoms with E-state index in [9.17, 15) is 9.90 Å². The van der Waals surface area contributed by atoms with E-state index in [2.05, 4.69) is 56.6 Å². The summed E-state index contributed by atoms with van der Waals surface area (Å²) in [5, 5.41) is 23.8. The van der Waals surface area contributed by atoms with Crippen LogP contribution < -0.4 is 5.32 Å². The maximum atomic E-state index is 13.0. The molecule has 2 N–H and O–H groups in total. The first kappa shape index (κ1) is 23.2. The number of hydrogen-bond donors (Lipinski definition) is 2. The van der Waals surface area contributed by atoms with Crippen LogP contribution in [0.25, 0.3) is 17.2 Å². The second kappa shape index (κ2) is 9.10. The molecular weight excluding hydrogens is 434 g/mol. The summed E-state index contributed by atoms with van der Waals surface area (Å²) in [7, 11) is 0. The molecule has 0 aliphatic rings. The Balaban J connectivity index is 1.59. The Morgan fingerprint density at radius 3 is 2.74 bits per heavy atom. The predicted molar refractivity (Wildman–Crippen MR) is 126 cm³/mol. The van der Waals surface area contributed by atoms with Crippen LogP contribution in [0.3, 0.4) is 0 Å². The lowest BCUT2D eigenvalue weighted by atomic mass is 9.93. The van der Waals surface area contributed by atoms with E-state index in [0.29, 0.717) is 17.3 Å². The summed E-state index contributed by atoms with van der Waals surface area (Å²) in [4.78, 5) is 26.2. The summed E-state index contributed by atoms with van der Waals surface area (Å²) in [5.74, 6) is 0.323. The first-order valence-corrected chi connectivity index (χ1v) is 10.9. The minimum Gasteiger partial charge on any atom is -0.394 e. The van der Waals surface area contributed by atoms with Gasteiger partial charge in [0.25, 0.3) is 5.91 Å². The molecule has 0 aliphatic carbocycles. The van der Waals surface area contributed by atoms with Crippen molar-refractivity contribution in [1.82, 2.24) is 39.7 Å². The molecule has 0 fully saturated rings. The van der Waals surface area contributed by atoms with Gasteiger partial charge in [-0.25, -0.2) is 14.6 Å².